The Bertz CT molecular complexity index is 1170. The first-order valence-electron chi connectivity index (χ1n) is 11.0. The number of rotatable bonds is 11. The Kier molecular flexibility index (Phi) is 8.16. The molecule has 176 valence electrons. The summed E-state index contributed by atoms with van der Waals surface area (Å²) in [5.74, 6) is 0.998. The summed E-state index contributed by atoms with van der Waals surface area (Å²) in [6, 6.07) is 19.5. The van der Waals surface area contributed by atoms with Gasteiger partial charge in [-0.25, -0.2) is 8.42 Å². The fourth-order valence-corrected chi connectivity index (χ4v) is 4.90. The van der Waals surface area contributed by atoms with Gasteiger partial charge in [-0.05, 0) is 49.1 Å². The summed E-state index contributed by atoms with van der Waals surface area (Å²) in [4.78, 5) is 12.9. The molecule has 0 aromatic heterocycles. The molecular formula is C25H30N2O5S. The molecule has 0 aliphatic rings. The first-order valence-corrected chi connectivity index (χ1v) is 12.8. The van der Waals surface area contributed by atoms with E-state index in [1.54, 1.807) is 31.2 Å². The van der Waals surface area contributed by atoms with Gasteiger partial charge >= 0.3 is 0 Å². The van der Waals surface area contributed by atoms with Crippen LogP contribution in [-0.2, 0) is 14.8 Å². The standard InChI is InChI=1S/C25H30N2O5S/c1-4-23(27(33(3,29)30)20-13-15-21(16-14-20)31-5-2)25(28)26-17-18-32-24-12-8-10-19-9-6-7-11-22(19)24/h6-16,23H,4-5,17-18H2,1-3H3,(H,26,28)/t23-/m0/s1. The zero-order valence-electron chi connectivity index (χ0n) is 19.2. The van der Waals surface area contributed by atoms with E-state index in [1.165, 1.54) is 0 Å². The Morgan fingerprint density at radius 2 is 1.67 bits per heavy atom. The zero-order chi connectivity index (χ0) is 23.8. The zero-order valence-corrected chi connectivity index (χ0v) is 20.0. The predicted molar refractivity (Wildman–Crippen MR) is 131 cm³/mol. The van der Waals surface area contributed by atoms with Crippen LogP contribution in [0.2, 0.25) is 0 Å². The molecular weight excluding hydrogens is 440 g/mol. The minimum atomic E-state index is -3.70. The van der Waals surface area contributed by atoms with E-state index < -0.39 is 16.1 Å². The largest absolute Gasteiger partial charge is 0.494 e. The number of hydrogen-bond acceptors (Lipinski definition) is 5. The Morgan fingerprint density at radius 1 is 0.970 bits per heavy atom. The second-order valence-corrected chi connectivity index (χ2v) is 9.39. The summed E-state index contributed by atoms with van der Waals surface area (Å²) in [7, 11) is -3.70. The van der Waals surface area contributed by atoms with Crippen molar-refractivity contribution in [1.82, 2.24) is 5.32 Å². The van der Waals surface area contributed by atoms with E-state index >= 15 is 0 Å². The molecule has 3 rings (SSSR count). The van der Waals surface area contributed by atoms with Crippen molar-refractivity contribution in [3.8, 4) is 11.5 Å². The number of hydrogen-bond donors (Lipinski definition) is 1. The number of anilines is 1. The smallest absolute Gasteiger partial charge is 0.244 e. The Balaban J connectivity index is 1.66. The van der Waals surface area contributed by atoms with Crippen molar-refractivity contribution in [2.45, 2.75) is 26.3 Å². The monoisotopic (exact) mass is 470 g/mol. The first-order chi connectivity index (χ1) is 15.8. The van der Waals surface area contributed by atoms with Crippen LogP contribution in [0, 0.1) is 0 Å². The third kappa shape index (κ3) is 6.16. The molecule has 0 heterocycles. The summed E-state index contributed by atoms with van der Waals surface area (Å²) in [6.45, 7) is 4.68. The SMILES string of the molecule is CCOc1ccc(N([C@@H](CC)C(=O)NCCOc2cccc3ccccc23)S(C)(=O)=O)cc1. The fourth-order valence-electron chi connectivity index (χ4n) is 3.69. The molecule has 8 heteroatoms. The Hall–Kier alpha value is -3.26. The van der Waals surface area contributed by atoms with Crippen LogP contribution in [-0.4, -0.2) is 46.4 Å². The molecule has 1 atom stereocenters. The van der Waals surface area contributed by atoms with Crippen LogP contribution in [0.15, 0.2) is 66.7 Å². The van der Waals surface area contributed by atoms with Crippen molar-refractivity contribution in [2.24, 2.45) is 0 Å². The lowest BCUT2D eigenvalue weighted by atomic mass is 10.1. The van der Waals surface area contributed by atoms with E-state index in [0.29, 0.717) is 24.5 Å². The molecule has 3 aromatic carbocycles. The molecule has 0 fully saturated rings. The van der Waals surface area contributed by atoms with Crippen LogP contribution in [0.4, 0.5) is 5.69 Å². The minimum absolute atomic E-state index is 0.249. The number of fused-ring (bicyclic) bond motifs is 1. The third-order valence-corrected chi connectivity index (χ3v) is 6.32. The normalized spacial score (nSPS) is 12.2. The molecule has 33 heavy (non-hydrogen) atoms. The molecule has 3 aromatic rings. The maximum atomic E-state index is 12.9. The average molecular weight is 471 g/mol. The van der Waals surface area contributed by atoms with Crippen LogP contribution in [0.25, 0.3) is 10.8 Å². The number of sulfonamides is 1. The molecule has 0 bridgehead atoms. The van der Waals surface area contributed by atoms with Gasteiger partial charge in [0.15, 0.2) is 0 Å². The summed E-state index contributed by atoms with van der Waals surface area (Å²) in [5, 5.41) is 4.88. The van der Waals surface area contributed by atoms with Crippen LogP contribution in [0.1, 0.15) is 20.3 Å². The molecule has 1 N–H and O–H groups in total. The highest BCUT2D eigenvalue weighted by atomic mass is 32.2. The van der Waals surface area contributed by atoms with Crippen molar-refractivity contribution in [2.75, 3.05) is 30.3 Å². The lowest BCUT2D eigenvalue weighted by molar-refractivity contribution is -0.122. The number of ether oxygens (including phenoxy) is 2. The molecule has 0 radical (unpaired) electrons. The highest BCUT2D eigenvalue weighted by Gasteiger charge is 2.31. The van der Waals surface area contributed by atoms with Crippen molar-refractivity contribution in [3.05, 3.63) is 66.7 Å². The van der Waals surface area contributed by atoms with Crippen molar-refractivity contribution >= 4 is 32.4 Å². The van der Waals surface area contributed by atoms with Gasteiger partial charge in [-0.1, -0.05) is 43.3 Å². The number of nitrogens with zero attached hydrogens (tertiary/aromatic N) is 1. The Morgan fingerprint density at radius 3 is 2.33 bits per heavy atom. The molecule has 0 aliphatic carbocycles. The Labute approximate surface area is 195 Å². The number of amides is 1. The molecule has 1 amide bonds. The van der Waals surface area contributed by atoms with Crippen LogP contribution >= 0.6 is 0 Å². The minimum Gasteiger partial charge on any atom is -0.494 e. The summed E-state index contributed by atoms with van der Waals surface area (Å²) in [5.41, 5.74) is 0.412. The molecule has 0 unspecified atom stereocenters. The van der Waals surface area contributed by atoms with Gasteiger partial charge in [0, 0.05) is 5.39 Å². The van der Waals surface area contributed by atoms with Gasteiger partial charge in [0.05, 0.1) is 25.1 Å². The number of carbonyl (C=O) groups excluding carboxylic acids is 1. The first kappa shape index (κ1) is 24.4. The topological polar surface area (TPSA) is 84.9 Å². The maximum Gasteiger partial charge on any atom is 0.244 e. The van der Waals surface area contributed by atoms with Gasteiger partial charge in [0.2, 0.25) is 15.9 Å². The molecule has 0 saturated carbocycles. The molecule has 7 nitrogen and oxygen atoms in total. The van der Waals surface area contributed by atoms with E-state index in [-0.39, 0.29) is 19.1 Å². The maximum absolute atomic E-state index is 12.9. The average Bonchev–Trinajstić information content (AvgIpc) is 2.80. The van der Waals surface area contributed by atoms with Crippen LogP contribution in [0.5, 0.6) is 11.5 Å². The second-order valence-electron chi connectivity index (χ2n) is 7.53. The van der Waals surface area contributed by atoms with Gasteiger partial charge in [-0.3, -0.25) is 9.10 Å². The van der Waals surface area contributed by atoms with Gasteiger partial charge < -0.3 is 14.8 Å². The van der Waals surface area contributed by atoms with Gasteiger partial charge in [0.1, 0.15) is 24.1 Å². The van der Waals surface area contributed by atoms with E-state index in [2.05, 4.69) is 5.32 Å². The number of benzene rings is 3. The highest BCUT2D eigenvalue weighted by molar-refractivity contribution is 7.92. The lowest BCUT2D eigenvalue weighted by Gasteiger charge is -2.30. The van der Waals surface area contributed by atoms with Gasteiger partial charge in [0.25, 0.3) is 0 Å². The van der Waals surface area contributed by atoms with Gasteiger partial charge in [-0.2, -0.15) is 0 Å². The van der Waals surface area contributed by atoms with Crippen molar-refractivity contribution in [3.63, 3.8) is 0 Å². The lowest BCUT2D eigenvalue weighted by Crippen LogP contribution is -2.50. The van der Waals surface area contributed by atoms with Crippen LogP contribution in [0.3, 0.4) is 0 Å². The predicted octanol–water partition coefficient (Wildman–Crippen LogP) is 3.98. The van der Waals surface area contributed by atoms with E-state index in [9.17, 15) is 13.2 Å². The number of carbonyl (C=O) groups is 1. The number of nitrogens with one attached hydrogen (secondary N) is 1. The quantitative estimate of drug-likeness (QED) is 0.429. The second kappa shape index (κ2) is 11.0. The highest BCUT2D eigenvalue weighted by Crippen LogP contribution is 2.26. The van der Waals surface area contributed by atoms with E-state index in [4.69, 9.17) is 9.47 Å². The van der Waals surface area contributed by atoms with Crippen LogP contribution < -0.4 is 19.1 Å². The van der Waals surface area contributed by atoms with E-state index in [0.717, 1.165) is 27.1 Å². The van der Waals surface area contributed by atoms with Gasteiger partial charge in [-0.15, -0.1) is 0 Å². The molecule has 0 spiro atoms. The van der Waals surface area contributed by atoms with E-state index in [1.807, 2.05) is 49.4 Å². The van der Waals surface area contributed by atoms with Crippen molar-refractivity contribution < 1.29 is 22.7 Å². The van der Waals surface area contributed by atoms with Crippen molar-refractivity contribution in [1.29, 1.82) is 0 Å². The molecule has 0 saturated heterocycles. The fraction of sp³-hybridized carbons (Fsp3) is 0.320. The molecule has 0 aliphatic heterocycles. The third-order valence-electron chi connectivity index (χ3n) is 5.14. The summed E-state index contributed by atoms with van der Waals surface area (Å²) >= 11 is 0. The summed E-state index contributed by atoms with van der Waals surface area (Å²) in [6.07, 6.45) is 1.42. The summed E-state index contributed by atoms with van der Waals surface area (Å²) < 4.78 is 37.6.